The van der Waals surface area contributed by atoms with Gasteiger partial charge in [0.1, 0.15) is 11.5 Å². The zero-order valence-corrected chi connectivity index (χ0v) is 9.90. The van der Waals surface area contributed by atoms with Crippen molar-refractivity contribution in [1.82, 2.24) is 0 Å². The molecule has 4 heteroatoms. The normalized spacial score (nSPS) is 12.2. The van der Waals surface area contributed by atoms with Gasteiger partial charge in [-0.3, -0.25) is 0 Å². The number of hydrogen-bond acceptors (Lipinski definition) is 4. The van der Waals surface area contributed by atoms with Crippen molar-refractivity contribution in [3.63, 3.8) is 0 Å². The highest BCUT2D eigenvalue weighted by Crippen LogP contribution is 2.29. The van der Waals surface area contributed by atoms with Crippen LogP contribution < -0.4 is 9.47 Å². The van der Waals surface area contributed by atoms with E-state index >= 15 is 0 Å². The standard InChI is InChI=1S/C12H18O4/c1-9(13)7-10-11(15-3)5-4-6-12(10)16-8-14-2/h4-6,9,13H,7-8H2,1-3H3. The summed E-state index contributed by atoms with van der Waals surface area (Å²) in [7, 11) is 3.16. The van der Waals surface area contributed by atoms with E-state index in [1.165, 1.54) is 0 Å². The Bertz CT molecular complexity index is 323. The van der Waals surface area contributed by atoms with E-state index in [1.807, 2.05) is 18.2 Å². The quantitative estimate of drug-likeness (QED) is 0.748. The average Bonchev–Trinajstić information content (AvgIpc) is 2.27. The summed E-state index contributed by atoms with van der Waals surface area (Å²) in [6, 6.07) is 5.52. The van der Waals surface area contributed by atoms with Crippen LogP contribution in [0.25, 0.3) is 0 Å². The molecule has 1 N–H and O–H groups in total. The van der Waals surface area contributed by atoms with Gasteiger partial charge in [-0.1, -0.05) is 6.07 Å². The van der Waals surface area contributed by atoms with E-state index in [2.05, 4.69) is 0 Å². The van der Waals surface area contributed by atoms with E-state index in [4.69, 9.17) is 14.2 Å². The van der Waals surface area contributed by atoms with Gasteiger partial charge in [-0.25, -0.2) is 0 Å². The van der Waals surface area contributed by atoms with Gasteiger partial charge >= 0.3 is 0 Å². The van der Waals surface area contributed by atoms with Crippen molar-refractivity contribution < 1.29 is 19.3 Å². The molecule has 0 aliphatic carbocycles. The minimum Gasteiger partial charge on any atom is -0.496 e. The molecule has 0 saturated heterocycles. The molecule has 1 aromatic rings. The number of rotatable bonds is 6. The second-order valence-electron chi connectivity index (χ2n) is 3.54. The van der Waals surface area contributed by atoms with Crippen molar-refractivity contribution >= 4 is 0 Å². The fourth-order valence-electron chi connectivity index (χ4n) is 1.49. The lowest BCUT2D eigenvalue weighted by Gasteiger charge is -2.15. The molecule has 1 aromatic carbocycles. The van der Waals surface area contributed by atoms with Crippen LogP contribution in [0.5, 0.6) is 11.5 Å². The third-order valence-corrected chi connectivity index (χ3v) is 2.14. The molecule has 0 aromatic heterocycles. The highest BCUT2D eigenvalue weighted by atomic mass is 16.7. The molecule has 1 atom stereocenters. The summed E-state index contributed by atoms with van der Waals surface area (Å²) in [4.78, 5) is 0. The molecule has 0 spiro atoms. The smallest absolute Gasteiger partial charge is 0.188 e. The summed E-state index contributed by atoms with van der Waals surface area (Å²) in [5.74, 6) is 1.40. The molecular formula is C12H18O4. The summed E-state index contributed by atoms with van der Waals surface area (Å²) in [5.41, 5.74) is 0.858. The Labute approximate surface area is 95.8 Å². The van der Waals surface area contributed by atoms with Gasteiger partial charge in [-0.2, -0.15) is 0 Å². The summed E-state index contributed by atoms with van der Waals surface area (Å²) >= 11 is 0. The third kappa shape index (κ3) is 3.40. The molecule has 1 unspecified atom stereocenters. The lowest BCUT2D eigenvalue weighted by Crippen LogP contribution is -2.09. The Balaban J connectivity index is 2.95. The summed E-state index contributed by atoms with van der Waals surface area (Å²) in [5, 5.41) is 9.43. The van der Waals surface area contributed by atoms with Gasteiger partial charge in [0, 0.05) is 19.1 Å². The van der Waals surface area contributed by atoms with E-state index in [0.29, 0.717) is 12.2 Å². The van der Waals surface area contributed by atoms with Gasteiger partial charge in [0.25, 0.3) is 0 Å². The number of aliphatic hydroxyl groups is 1. The number of hydrogen-bond donors (Lipinski definition) is 1. The van der Waals surface area contributed by atoms with Crippen LogP contribution in [0.15, 0.2) is 18.2 Å². The van der Waals surface area contributed by atoms with Gasteiger partial charge in [-0.15, -0.1) is 0 Å². The highest BCUT2D eigenvalue weighted by molar-refractivity contribution is 5.45. The van der Waals surface area contributed by atoms with Crippen molar-refractivity contribution in [3.8, 4) is 11.5 Å². The largest absolute Gasteiger partial charge is 0.496 e. The Hall–Kier alpha value is -1.26. The Morgan fingerprint density at radius 2 is 1.94 bits per heavy atom. The van der Waals surface area contributed by atoms with Gasteiger partial charge < -0.3 is 19.3 Å². The monoisotopic (exact) mass is 226 g/mol. The number of methoxy groups -OCH3 is 2. The SMILES string of the molecule is COCOc1cccc(OC)c1CC(C)O. The molecule has 0 heterocycles. The van der Waals surface area contributed by atoms with Gasteiger partial charge in [-0.05, 0) is 19.1 Å². The molecule has 0 saturated carbocycles. The first-order valence-electron chi connectivity index (χ1n) is 5.14. The third-order valence-electron chi connectivity index (χ3n) is 2.14. The van der Waals surface area contributed by atoms with Crippen LogP contribution in [0.1, 0.15) is 12.5 Å². The zero-order chi connectivity index (χ0) is 12.0. The van der Waals surface area contributed by atoms with E-state index in [0.717, 1.165) is 11.3 Å². The number of benzene rings is 1. The van der Waals surface area contributed by atoms with Crippen molar-refractivity contribution in [1.29, 1.82) is 0 Å². The maximum atomic E-state index is 9.43. The fraction of sp³-hybridized carbons (Fsp3) is 0.500. The maximum Gasteiger partial charge on any atom is 0.188 e. The minimum atomic E-state index is -0.443. The van der Waals surface area contributed by atoms with Crippen molar-refractivity contribution in [2.45, 2.75) is 19.4 Å². The lowest BCUT2D eigenvalue weighted by molar-refractivity contribution is 0.0497. The number of aliphatic hydroxyl groups excluding tert-OH is 1. The summed E-state index contributed by atoms with van der Waals surface area (Å²) < 4.78 is 15.5. The second-order valence-corrected chi connectivity index (χ2v) is 3.54. The predicted molar refractivity (Wildman–Crippen MR) is 60.9 cm³/mol. The van der Waals surface area contributed by atoms with E-state index in [-0.39, 0.29) is 6.79 Å². The van der Waals surface area contributed by atoms with Crippen LogP contribution in [0.4, 0.5) is 0 Å². The van der Waals surface area contributed by atoms with E-state index in [1.54, 1.807) is 21.1 Å². The maximum absolute atomic E-state index is 9.43. The molecule has 0 fully saturated rings. The van der Waals surface area contributed by atoms with Crippen LogP contribution in [-0.2, 0) is 11.2 Å². The lowest BCUT2D eigenvalue weighted by atomic mass is 10.1. The summed E-state index contributed by atoms with van der Waals surface area (Å²) in [6.45, 7) is 1.91. The van der Waals surface area contributed by atoms with E-state index in [9.17, 15) is 5.11 Å². The molecule has 0 radical (unpaired) electrons. The van der Waals surface area contributed by atoms with Crippen LogP contribution >= 0.6 is 0 Å². The molecule has 0 amide bonds. The zero-order valence-electron chi connectivity index (χ0n) is 9.90. The van der Waals surface area contributed by atoms with Gasteiger partial charge in [0.2, 0.25) is 0 Å². The average molecular weight is 226 g/mol. The second kappa shape index (κ2) is 6.35. The molecule has 0 bridgehead atoms. The molecule has 0 aliphatic rings. The van der Waals surface area contributed by atoms with E-state index < -0.39 is 6.10 Å². The van der Waals surface area contributed by atoms with Crippen molar-refractivity contribution in [2.75, 3.05) is 21.0 Å². The Kier molecular flexibility index (Phi) is 5.08. The molecule has 16 heavy (non-hydrogen) atoms. The van der Waals surface area contributed by atoms with Crippen LogP contribution in [0.2, 0.25) is 0 Å². The first-order chi connectivity index (χ1) is 7.69. The highest BCUT2D eigenvalue weighted by Gasteiger charge is 2.12. The first-order valence-corrected chi connectivity index (χ1v) is 5.14. The summed E-state index contributed by atoms with van der Waals surface area (Å²) in [6.07, 6.45) is 0.0458. The van der Waals surface area contributed by atoms with Gasteiger partial charge in [0.05, 0.1) is 13.2 Å². The van der Waals surface area contributed by atoms with Crippen LogP contribution in [0, 0.1) is 0 Å². The molecular weight excluding hydrogens is 208 g/mol. The van der Waals surface area contributed by atoms with Gasteiger partial charge in [0.15, 0.2) is 6.79 Å². The van der Waals surface area contributed by atoms with Crippen LogP contribution in [-0.4, -0.2) is 32.2 Å². The minimum absolute atomic E-state index is 0.181. The molecule has 0 aliphatic heterocycles. The fourth-order valence-corrected chi connectivity index (χ4v) is 1.49. The van der Waals surface area contributed by atoms with Crippen molar-refractivity contribution in [2.24, 2.45) is 0 Å². The van der Waals surface area contributed by atoms with Crippen molar-refractivity contribution in [3.05, 3.63) is 23.8 Å². The molecule has 1 rings (SSSR count). The predicted octanol–water partition coefficient (Wildman–Crippen LogP) is 1.60. The topological polar surface area (TPSA) is 47.9 Å². The van der Waals surface area contributed by atoms with Crippen LogP contribution in [0.3, 0.4) is 0 Å². The Morgan fingerprint density at radius 3 is 2.50 bits per heavy atom. The molecule has 4 nitrogen and oxygen atoms in total. The Morgan fingerprint density at radius 1 is 1.25 bits per heavy atom. The molecule has 90 valence electrons. The first kappa shape index (κ1) is 12.8. The number of ether oxygens (including phenoxy) is 3.